The average molecular weight is 288 g/mol. The average Bonchev–Trinajstić information content (AvgIpc) is 2.89. The van der Waals surface area contributed by atoms with E-state index in [1.807, 2.05) is 22.8 Å². The van der Waals surface area contributed by atoms with Gasteiger partial charge in [-0.05, 0) is 23.8 Å². The first-order valence-corrected chi connectivity index (χ1v) is 6.53. The lowest BCUT2D eigenvalue weighted by Gasteiger charge is -2.02. The predicted octanol–water partition coefficient (Wildman–Crippen LogP) is 1.21. The number of fused-ring (bicyclic) bond motifs is 1. The Morgan fingerprint density at radius 1 is 1.40 bits per heavy atom. The smallest absolute Gasteiger partial charge is 0.276 e. The van der Waals surface area contributed by atoms with Gasteiger partial charge in [-0.15, -0.1) is 0 Å². The van der Waals surface area contributed by atoms with Crippen LogP contribution in [0.5, 0.6) is 0 Å². The number of carbonyl (C=O) groups is 1. The Hall–Kier alpha value is -2.27. The van der Waals surface area contributed by atoms with Gasteiger partial charge in [0.15, 0.2) is 11.9 Å². The molecule has 0 fully saturated rings. The van der Waals surface area contributed by atoms with Crippen LogP contribution in [0, 0.1) is 0 Å². The van der Waals surface area contributed by atoms with E-state index in [2.05, 4.69) is 15.3 Å². The zero-order valence-corrected chi connectivity index (χ0v) is 11.3. The fourth-order valence-corrected chi connectivity index (χ4v) is 2.16. The van der Waals surface area contributed by atoms with Gasteiger partial charge in [0, 0.05) is 25.0 Å². The van der Waals surface area contributed by atoms with Crippen LogP contribution in [0.4, 0.5) is 0 Å². The third-order valence-electron chi connectivity index (χ3n) is 2.98. The van der Waals surface area contributed by atoms with Gasteiger partial charge in [0.25, 0.3) is 12.1 Å². The standard InChI is InChI=1S/C14H11ClN4O/c15-11-1-2-13-18-12(9-19(13)8-11)14(20)17-7-10-3-5-16-6-4-10/h1-6,8-9,13H,7H2/p+1. The topological polar surface area (TPSA) is 57.4 Å². The van der Waals surface area contributed by atoms with E-state index >= 15 is 0 Å². The van der Waals surface area contributed by atoms with Crippen LogP contribution in [0.3, 0.4) is 0 Å². The van der Waals surface area contributed by atoms with Gasteiger partial charge >= 0.3 is 0 Å². The van der Waals surface area contributed by atoms with E-state index in [1.165, 1.54) is 0 Å². The molecule has 100 valence electrons. The highest BCUT2D eigenvalue weighted by Crippen LogP contribution is 2.15. The maximum Gasteiger partial charge on any atom is 0.276 e. The molecule has 1 N–H and O–H groups in total. The summed E-state index contributed by atoms with van der Waals surface area (Å²) in [5.41, 5.74) is 1.39. The maximum absolute atomic E-state index is 12.1. The molecular weight excluding hydrogens is 276 g/mol. The van der Waals surface area contributed by atoms with Crippen LogP contribution >= 0.6 is 11.6 Å². The van der Waals surface area contributed by atoms with Gasteiger partial charge in [-0.1, -0.05) is 11.6 Å². The van der Waals surface area contributed by atoms with Gasteiger partial charge in [-0.25, -0.2) is 4.99 Å². The van der Waals surface area contributed by atoms with Crippen molar-refractivity contribution < 1.29 is 9.37 Å². The maximum atomic E-state index is 12.1. The Morgan fingerprint density at radius 3 is 3.00 bits per heavy atom. The number of hydrogen-bond acceptors (Lipinski definition) is 3. The highest BCUT2D eigenvalue weighted by Gasteiger charge is 2.29. The van der Waals surface area contributed by atoms with Crippen LogP contribution < -0.4 is 5.32 Å². The van der Waals surface area contributed by atoms with Crippen molar-refractivity contribution in [3.8, 4) is 0 Å². The molecule has 0 spiro atoms. The Kier molecular flexibility index (Phi) is 3.43. The first kappa shape index (κ1) is 12.7. The minimum atomic E-state index is -0.200. The fraction of sp³-hybridized carbons (Fsp3) is 0.143. The van der Waals surface area contributed by atoms with E-state index in [4.69, 9.17) is 11.6 Å². The minimum Gasteiger partial charge on any atom is -0.346 e. The zero-order valence-electron chi connectivity index (χ0n) is 10.5. The second-order valence-electron chi connectivity index (χ2n) is 4.42. The lowest BCUT2D eigenvalue weighted by Crippen LogP contribution is -2.31. The third-order valence-corrected chi connectivity index (χ3v) is 3.21. The predicted molar refractivity (Wildman–Crippen MR) is 76.7 cm³/mol. The van der Waals surface area contributed by atoms with Crippen molar-refractivity contribution >= 4 is 29.4 Å². The molecule has 2 aliphatic rings. The molecule has 2 aliphatic heterocycles. The second kappa shape index (κ2) is 5.38. The van der Waals surface area contributed by atoms with Crippen molar-refractivity contribution in [2.75, 3.05) is 0 Å². The van der Waals surface area contributed by atoms with E-state index in [9.17, 15) is 4.79 Å². The number of hydrogen-bond donors (Lipinski definition) is 1. The van der Waals surface area contributed by atoms with Crippen molar-refractivity contribution in [2.45, 2.75) is 12.7 Å². The molecule has 1 aromatic rings. The zero-order chi connectivity index (χ0) is 13.9. The molecule has 5 nitrogen and oxygen atoms in total. The van der Waals surface area contributed by atoms with Crippen LogP contribution in [-0.2, 0) is 11.3 Å². The number of rotatable bonds is 3. The largest absolute Gasteiger partial charge is 0.346 e. The number of nitrogens with one attached hydrogen (secondary N) is 1. The number of nitrogens with zero attached hydrogens (tertiary/aromatic N) is 3. The molecule has 1 unspecified atom stereocenters. The summed E-state index contributed by atoms with van der Waals surface area (Å²) >= 11 is 5.91. The summed E-state index contributed by atoms with van der Waals surface area (Å²) in [6.45, 7) is 0.450. The van der Waals surface area contributed by atoms with Crippen molar-refractivity contribution in [1.82, 2.24) is 10.3 Å². The number of aliphatic imine (C=N–C) groups is 1. The van der Waals surface area contributed by atoms with Crippen molar-refractivity contribution in [1.29, 1.82) is 0 Å². The quantitative estimate of drug-likeness (QED) is 0.850. The highest BCUT2D eigenvalue weighted by atomic mass is 35.5. The van der Waals surface area contributed by atoms with Crippen LogP contribution in [0.2, 0.25) is 0 Å². The minimum absolute atomic E-state index is 0.167. The summed E-state index contributed by atoms with van der Waals surface area (Å²) in [5.74, 6) is -0.200. The number of amides is 1. The van der Waals surface area contributed by atoms with Gasteiger partial charge in [0.2, 0.25) is 6.21 Å². The van der Waals surface area contributed by atoms with Crippen molar-refractivity contribution in [3.05, 3.63) is 53.5 Å². The SMILES string of the molecule is O=C(NCc1ccncc1)C1=NC2C=CC(Cl)=C[N+]2=C1. The van der Waals surface area contributed by atoms with Gasteiger partial charge < -0.3 is 5.32 Å². The Labute approximate surface area is 121 Å². The number of aromatic nitrogens is 1. The molecule has 3 heterocycles. The number of carbonyl (C=O) groups excluding carboxylic acids is 1. The third kappa shape index (κ3) is 2.67. The molecule has 3 rings (SSSR count). The van der Waals surface area contributed by atoms with Crippen LogP contribution in [-0.4, -0.2) is 33.6 Å². The van der Waals surface area contributed by atoms with Gasteiger partial charge in [-0.2, -0.15) is 4.58 Å². The van der Waals surface area contributed by atoms with Crippen molar-refractivity contribution in [3.63, 3.8) is 0 Å². The van der Waals surface area contributed by atoms with E-state index < -0.39 is 0 Å². The number of halogens is 1. The second-order valence-corrected chi connectivity index (χ2v) is 4.85. The number of allylic oxidation sites excluding steroid dienone is 2. The van der Waals surface area contributed by atoms with E-state index in [1.54, 1.807) is 30.9 Å². The van der Waals surface area contributed by atoms with Gasteiger partial charge in [-0.3, -0.25) is 9.78 Å². The molecule has 0 saturated heterocycles. The van der Waals surface area contributed by atoms with Gasteiger partial charge in [0.05, 0.1) is 0 Å². The highest BCUT2D eigenvalue weighted by molar-refractivity contribution is 6.60. The molecule has 1 atom stereocenters. The molecule has 0 saturated carbocycles. The summed E-state index contributed by atoms with van der Waals surface area (Å²) in [5, 5.41) is 3.45. The Morgan fingerprint density at radius 2 is 2.20 bits per heavy atom. The van der Waals surface area contributed by atoms with Crippen molar-refractivity contribution in [2.24, 2.45) is 4.99 Å². The molecule has 6 heteroatoms. The van der Waals surface area contributed by atoms with E-state index in [0.717, 1.165) is 5.56 Å². The van der Waals surface area contributed by atoms with Gasteiger partial charge in [0.1, 0.15) is 5.03 Å². The molecular formula is C14H12ClN4O+. The molecule has 1 aromatic heterocycles. The lowest BCUT2D eigenvalue weighted by molar-refractivity contribution is -0.476. The van der Waals surface area contributed by atoms with Crippen LogP contribution in [0.25, 0.3) is 0 Å². The van der Waals surface area contributed by atoms with E-state index in [0.29, 0.717) is 17.3 Å². The summed E-state index contributed by atoms with van der Waals surface area (Å²) in [4.78, 5) is 20.3. The normalized spacial score (nSPS) is 19.9. The monoisotopic (exact) mass is 287 g/mol. The first-order valence-electron chi connectivity index (χ1n) is 6.15. The molecule has 20 heavy (non-hydrogen) atoms. The molecule has 0 bridgehead atoms. The van der Waals surface area contributed by atoms with Crippen LogP contribution in [0.15, 0.2) is 52.9 Å². The summed E-state index contributed by atoms with van der Waals surface area (Å²) in [6, 6.07) is 3.71. The Balaban J connectivity index is 1.66. The summed E-state index contributed by atoms with van der Waals surface area (Å²) in [6.07, 6.45) is 10.3. The Bertz CT molecular complexity index is 661. The first-order chi connectivity index (χ1) is 9.72. The number of pyridine rings is 1. The molecule has 0 radical (unpaired) electrons. The molecule has 0 aliphatic carbocycles. The van der Waals surface area contributed by atoms with E-state index in [-0.39, 0.29) is 12.1 Å². The lowest BCUT2D eigenvalue weighted by atomic mass is 10.2. The molecule has 0 aromatic carbocycles. The van der Waals surface area contributed by atoms with Crippen LogP contribution in [0.1, 0.15) is 5.56 Å². The summed E-state index contributed by atoms with van der Waals surface area (Å²) < 4.78 is 1.81. The fourth-order valence-electron chi connectivity index (χ4n) is 1.97. The summed E-state index contributed by atoms with van der Waals surface area (Å²) in [7, 11) is 0. The molecule has 1 amide bonds.